The van der Waals surface area contributed by atoms with Gasteiger partial charge in [-0.2, -0.15) is 0 Å². The molecule has 0 aliphatic heterocycles. The van der Waals surface area contributed by atoms with Crippen molar-refractivity contribution >= 4 is 0 Å². The van der Waals surface area contributed by atoms with Gasteiger partial charge in [0.05, 0.1) is 12.2 Å². The maximum Gasteiger partial charge on any atom is 0.270 e. The van der Waals surface area contributed by atoms with Gasteiger partial charge < -0.3 is 0 Å². The molecule has 0 saturated carbocycles. The summed E-state index contributed by atoms with van der Waals surface area (Å²) >= 11 is 0. The Hall–Kier alpha value is -2.55. The van der Waals surface area contributed by atoms with Gasteiger partial charge in [0.1, 0.15) is 0 Å². The highest BCUT2D eigenvalue weighted by molar-refractivity contribution is 5.62. The van der Waals surface area contributed by atoms with Gasteiger partial charge >= 0.3 is 0 Å². The topological polar surface area (TPSA) is 37.8 Å². The molecular weight excluding hydrogens is 260 g/mol. The van der Waals surface area contributed by atoms with Crippen molar-refractivity contribution in [1.29, 1.82) is 0 Å². The first-order chi connectivity index (χ1) is 10.2. The Morgan fingerprint density at radius 2 is 1.62 bits per heavy atom. The molecular formula is C18H18N2O. The lowest BCUT2D eigenvalue weighted by Crippen LogP contribution is -2.19. The van der Waals surface area contributed by atoms with Gasteiger partial charge in [-0.25, -0.2) is 4.68 Å². The summed E-state index contributed by atoms with van der Waals surface area (Å²) in [4.78, 5) is 12.4. The Labute approximate surface area is 123 Å². The third-order valence-corrected chi connectivity index (χ3v) is 3.84. The first kappa shape index (κ1) is 13.4. The maximum atomic E-state index is 12.4. The van der Waals surface area contributed by atoms with E-state index >= 15 is 0 Å². The molecule has 106 valence electrons. The molecule has 3 heteroatoms. The van der Waals surface area contributed by atoms with E-state index in [1.807, 2.05) is 49.4 Å². The van der Waals surface area contributed by atoms with E-state index in [4.69, 9.17) is 0 Å². The van der Waals surface area contributed by atoms with Crippen LogP contribution >= 0.6 is 0 Å². The van der Waals surface area contributed by atoms with E-state index in [1.165, 1.54) is 5.56 Å². The number of aromatic amines is 1. The summed E-state index contributed by atoms with van der Waals surface area (Å²) in [6.45, 7) is 4.50. The van der Waals surface area contributed by atoms with Crippen LogP contribution in [0, 0.1) is 13.8 Å². The molecule has 0 aliphatic rings. The molecule has 0 amide bonds. The minimum Gasteiger partial charge on any atom is -0.294 e. The molecule has 0 saturated heterocycles. The molecule has 0 atom stereocenters. The molecule has 3 aromatic rings. The highest BCUT2D eigenvalue weighted by Crippen LogP contribution is 2.19. The van der Waals surface area contributed by atoms with Gasteiger partial charge in [-0.05, 0) is 30.5 Å². The number of nitrogens with zero attached hydrogens (tertiary/aromatic N) is 1. The zero-order valence-electron chi connectivity index (χ0n) is 12.3. The number of aryl methyl sites for hydroxylation is 1. The molecule has 0 spiro atoms. The average Bonchev–Trinajstić information content (AvgIpc) is 2.79. The smallest absolute Gasteiger partial charge is 0.270 e. The summed E-state index contributed by atoms with van der Waals surface area (Å²) in [5.41, 5.74) is 5.08. The summed E-state index contributed by atoms with van der Waals surface area (Å²) in [5, 5.41) is 3.25. The summed E-state index contributed by atoms with van der Waals surface area (Å²) in [6, 6.07) is 18.1. The second kappa shape index (κ2) is 5.44. The number of rotatable bonds is 3. The maximum absolute atomic E-state index is 12.4. The van der Waals surface area contributed by atoms with Gasteiger partial charge in [0.2, 0.25) is 0 Å². The second-order valence-corrected chi connectivity index (χ2v) is 5.30. The highest BCUT2D eigenvalue weighted by Gasteiger charge is 2.12. The Balaban J connectivity index is 2.02. The lowest BCUT2D eigenvalue weighted by atomic mass is 10.1. The molecule has 0 bridgehead atoms. The predicted molar refractivity (Wildman–Crippen MR) is 85.5 cm³/mol. The van der Waals surface area contributed by atoms with Crippen molar-refractivity contribution in [3.05, 3.63) is 81.6 Å². The van der Waals surface area contributed by atoms with Crippen molar-refractivity contribution in [3.8, 4) is 11.3 Å². The fourth-order valence-electron chi connectivity index (χ4n) is 2.53. The van der Waals surface area contributed by atoms with E-state index in [-0.39, 0.29) is 5.56 Å². The highest BCUT2D eigenvalue weighted by atomic mass is 16.1. The quantitative estimate of drug-likeness (QED) is 0.782. The monoisotopic (exact) mass is 278 g/mol. The molecule has 0 radical (unpaired) electrons. The molecule has 1 N–H and O–H groups in total. The Kier molecular flexibility index (Phi) is 3.48. The molecule has 1 aromatic heterocycles. The molecule has 1 heterocycles. The van der Waals surface area contributed by atoms with Crippen LogP contribution < -0.4 is 5.56 Å². The van der Waals surface area contributed by atoms with E-state index < -0.39 is 0 Å². The van der Waals surface area contributed by atoms with Crippen molar-refractivity contribution in [1.82, 2.24) is 9.78 Å². The van der Waals surface area contributed by atoms with E-state index in [2.05, 4.69) is 24.2 Å². The molecule has 0 unspecified atom stereocenters. The van der Waals surface area contributed by atoms with Crippen molar-refractivity contribution in [2.75, 3.05) is 0 Å². The Bertz CT molecular complexity index is 813. The van der Waals surface area contributed by atoms with Crippen LogP contribution in [0.25, 0.3) is 11.3 Å². The molecule has 2 aromatic carbocycles. The van der Waals surface area contributed by atoms with Crippen LogP contribution in [0.2, 0.25) is 0 Å². The zero-order valence-corrected chi connectivity index (χ0v) is 12.3. The van der Waals surface area contributed by atoms with Gasteiger partial charge in [0.25, 0.3) is 5.56 Å². The summed E-state index contributed by atoms with van der Waals surface area (Å²) in [6.07, 6.45) is 0. The van der Waals surface area contributed by atoms with Crippen molar-refractivity contribution in [2.45, 2.75) is 20.4 Å². The number of hydrogen-bond donors (Lipinski definition) is 1. The van der Waals surface area contributed by atoms with Gasteiger partial charge in [0, 0.05) is 5.56 Å². The first-order valence-electron chi connectivity index (χ1n) is 7.06. The summed E-state index contributed by atoms with van der Waals surface area (Å²) in [5.74, 6) is 0. The largest absolute Gasteiger partial charge is 0.294 e. The van der Waals surface area contributed by atoms with E-state index in [0.717, 1.165) is 22.4 Å². The molecule has 21 heavy (non-hydrogen) atoms. The van der Waals surface area contributed by atoms with Crippen LogP contribution in [0.15, 0.2) is 59.4 Å². The minimum absolute atomic E-state index is 0.0390. The third kappa shape index (κ3) is 2.55. The number of aromatic nitrogens is 2. The van der Waals surface area contributed by atoms with Crippen LogP contribution in [0.5, 0.6) is 0 Å². The van der Waals surface area contributed by atoms with Crippen LogP contribution in [0.1, 0.15) is 16.7 Å². The molecule has 3 nitrogen and oxygen atoms in total. The third-order valence-electron chi connectivity index (χ3n) is 3.84. The zero-order chi connectivity index (χ0) is 14.8. The normalized spacial score (nSPS) is 10.8. The Morgan fingerprint density at radius 1 is 0.952 bits per heavy atom. The first-order valence-corrected chi connectivity index (χ1v) is 7.06. The summed E-state index contributed by atoms with van der Waals surface area (Å²) in [7, 11) is 0. The van der Waals surface area contributed by atoms with E-state index in [1.54, 1.807) is 4.68 Å². The summed E-state index contributed by atoms with van der Waals surface area (Å²) < 4.78 is 1.68. The Morgan fingerprint density at radius 3 is 2.33 bits per heavy atom. The van der Waals surface area contributed by atoms with E-state index in [0.29, 0.717) is 6.54 Å². The van der Waals surface area contributed by atoms with E-state index in [9.17, 15) is 4.79 Å². The van der Waals surface area contributed by atoms with Crippen LogP contribution in [-0.4, -0.2) is 9.78 Å². The number of hydrogen-bond acceptors (Lipinski definition) is 1. The van der Waals surface area contributed by atoms with Crippen LogP contribution in [-0.2, 0) is 6.54 Å². The fraction of sp³-hybridized carbons (Fsp3) is 0.167. The van der Waals surface area contributed by atoms with Crippen molar-refractivity contribution < 1.29 is 0 Å². The second-order valence-electron chi connectivity index (χ2n) is 5.30. The number of benzene rings is 2. The lowest BCUT2D eigenvalue weighted by Gasteiger charge is -2.06. The number of H-pyrrole nitrogens is 1. The molecule has 3 rings (SSSR count). The van der Waals surface area contributed by atoms with Crippen molar-refractivity contribution in [3.63, 3.8) is 0 Å². The standard InChI is InChI=1S/C18H18N2O/c1-13-8-6-7-11-16(13)12-20-18(21)14(2)17(19-20)15-9-4-3-5-10-15/h3-11,19H,12H2,1-2H3. The lowest BCUT2D eigenvalue weighted by molar-refractivity contribution is 0.662. The van der Waals surface area contributed by atoms with Gasteiger partial charge in [-0.3, -0.25) is 9.89 Å². The van der Waals surface area contributed by atoms with Crippen molar-refractivity contribution in [2.24, 2.45) is 0 Å². The van der Waals surface area contributed by atoms with Gasteiger partial charge in [-0.1, -0.05) is 54.6 Å². The van der Waals surface area contributed by atoms with Crippen LogP contribution in [0.4, 0.5) is 0 Å². The average molecular weight is 278 g/mol. The van der Waals surface area contributed by atoms with Gasteiger partial charge in [-0.15, -0.1) is 0 Å². The molecule has 0 fully saturated rings. The molecule has 0 aliphatic carbocycles. The predicted octanol–water partition coefficient (Wildman–Crippen LogP) is 3.51. The minimum atomic E-state index is 0.0390. The SMILES string of the molecule is Cc1ccccc1Cn1[nH]c(-c2ccccc2)c(C)c1=O. The van der Waals surface area contributed by atoms with Gasteiger partial charge in [0.15, 0.2) is 0 Å². The fourth-order valence-corrected chi connectivity index (χ4v) is 2.53. The number of nitrogens with one attached hydrogen (secondary N) is 1. The van der Waals surface area contributed by atoms with Crippen LogP contribution in [0.3, 0.4) is 0 Å².